The Labute approximate surface area is 232 Å². The maximum Gasteiger partial charge on any atom is 0.260 e. The summed E-state index contributed by atoms with van der Waals surface area (Å²) in [6.07, 6.45) is 2.49. The summed E-state index contributed by atoms with van der Waals surface area (Å²) in [5.74, 6) is 1.26. The highest BCUT2D eigenvalue weighted by Gasteiger charge is 2.20. The third-order valence-electron chi connectivity index (χ3n) is 5.37. The van der Waals surface area contributed by atoms with Crippen LogP contribution < -0.4 is 19.2 Å². The molecule has 0 aromatic heterocycles. The van der Waals surface area contributed by atoms with Gasteiger partial charge < -0.3 is 9.47 Å². The highest BCUT2D eigenvalue weighted by molar-refractivity contribution is 7.92. The number of hydrogen-bond donors (Lipinski definition) is 1. The fourth-order valence-electron chi connectivity index (χ4n) is 3.49. The zero-order valence-electron chi connectivity index (χ0n) is 21.0. The smallest absolute Gasteiger partial charge is 0.260 e. The van der Waals surface area contributed by atoms with Crippen molar-refractivity contribution in [2.24, 2.45) is 5.10 Å². The second kappa shape index (κ2) is 12.9. The van der Waals surface area contributed by atoms with E-state index >= 15 is 0 Å². The van der Waals surface area contributed by atoms with Crippen LogP contribution >= 0.6 is 11.6 Å². The zero-order valence-corrected chi connectivity index (χ0v) is 22.6. The van der Waals surface area contributed by atoms with E-state index < -0.39 is 22.5 Å². The number of rotatable bonds is 11. The lowest BCUT2D eigenvalue weighted by Crippen LogP contribution is -2.38. The molecule has 1 amide bonds. The molecule has 0 bridgehead atoms. The molecule has 10 heteroatoms. The largest absolute Gasteiger partial charge is 0.489 e. The van der Waals surface area contributed by atoms with Crippen molar-refractivity contribution in [3.8, 4) is 17.2 Å². The Morgan fingerprint density at radius 2 is 1.56 bits per heavy atom. The Morgan fingerprint density at radius 3 is 2.23 bits per heavy atom. The Hall–Kier alpha value is -4.34. The summed E-state index contributed by atoms with van der Waals surface area (Å²) in [5, 5.41) is 4.59. The van der Waals surface area contributed by atoms with Gasteiger partial charge in [0.1, 0.15) is 30.4 Å². The standard InChI is InChI=1S/C29H26ClN3O5S/c1-39(35,36)33(25-12-16-28(17-13-25)38-27-8-3-2-4-9-27)20-29(34)32-31-19-22-10-14-26(15-11-22)37-21-23-6-5-7-24(30)18-23/h2-19H,20-21H2,1H3,(H,32,34)/b31-19-. The predicted molar refractivity (Wildman–Crippen MR) is 153 cm³/mol. The number of carbonyl (C=O) groups is 1. The summed E-state index contributed by atoms with van der Waals surface area (Å²) in [6, 6.07) is 30.2. The minimum Gasteiger partial charge on any atom is -0.489 e. The van der Waals surface area contributed by atoms with Crippen LogP contribution in [0.15, 0.2) is 108 Å². The van der Waals surface area contributed by atoms with E-state index in [4.69, 9.17) is 21.1 Å². The van der Waals surface area contributed by atoms with E-state index in [1.54, 1.807) is 54.6 Å². The van der Waals surface area contributed by atoms with E-state index in [0.29, 0.717) is 34.6 Å². The molecule has 0 aliphatic heterocycles. The molecule has 0 aliphatic carbocycles. The third-order valence-corrected chi connectivity index (χ3v) is 6.74. The van der Waals surface area contributed by atoms with Gasteiger partial charge in [-0.1, -0.05) is 41.9 Å². The Morgan fingerprint density at radius 1 is 0.897 bits per heavy atom. The molecule has 0 spiro atoms. The normalized spacial score (nSPS) is 11.2. The van der Waals surface area contributed by atoms with Crippen LogP contribution in [0.3, 0.4) is 0 Å². The van der Waals surface area contributed by atoms with Crippen LogP contribution in [0.4, 0.5) is 5.69 Å². The first-order valence-electron chi connectivity index (χ1n) is 11.9. The molecule has 0 aliphatic rings. The first kappa shape index (κ1) is 27.7. The second-order valence-corrected chi connectivity index (χ2v) is 10.8. The fraction of sp³-hybridized carbons (Fsp3) is 0.103. The van der Waals surface area contributed by atoms with E-state index in [-0.39, 0.29) is 0 Å². The van der Waals surface area contributed by atoms with Gasteiger partial charge in [-0.25, -0.2) is 13.8 Å². The number of hydrogen-bond acceptors (Lipinski definition) is 6. The maximum atomic E-state index is 12.5. The number of ether oxygens (including phenoxy) is 2. The van der Waals surface area contributed by atoms with Gasteiger partial charge in [0.2, 0.25) is 10.0 Å². The zero-order chi connectivity index (χ0) is 27.7. The number of sulfonamides is 1. The lowest BCUT2D eigenvalue weighted by atomic mass is 10.2. The Balaban J connectivity index is 1.31. The van der Waals surface area contributed by atoms with Gasteiger partial charge in [-0.15, -0.1) is 0 Å². The highest BCUT2D eigenvalue weighted by Crippen LogP contribution is 2.25. The van der Waals surface area contributed by atoms with Crippen LogP contribution in [-0.2, 0) is 21.4 Å². The summed E-state index contributed by atoms with van der Waals surface area (Å²) in [7, 11) is -3.74. The van der Waals surface area contributed by atoms with Gasteiger partial charge in [0.15, 0.2) is 0 Å². The van der Waals surface area contributed by atoms with E-state index in [9.17, 15) is 13.2 Å². The number of amides is 1. The van der Waals surface area contributed by atoms with Crippen molar-refractivity contribution in [1.82, 2.24) is 5.43 Å². The van der Waals surface area contributed by atoms with E-state index in [2.05, 4.69) is 10.5 Å². The van der Waals surface area contributed by atoms with Crippen molar-refractivity contribution in [1.29, 1.82) is 0 Å². The summed E-state index contributed by atoms with van der Waals surface area (Å²) in [5.41, 5.74) is 4.37. The summed E-state index contributed by atoms with van der Waals surface area (Å²) < 4.78 is 37.3. The van der Waals surface area contributed by atoms with Crippen molar-refractivity contribution in [3.63, 3.8) is 0 Å². The monoisotopic (exact) mass is 563 g/mol. The van der Waals surface area contributed by atoms with Crippen molar-refractivity contribution in [2.75, 3.05) is 17.1 Å². The lowest BCUT2D eigenvalue weighted by molar-refractivity contribution is -0.119. The van der Waals surface area contributed by atoms with Gasteiger partial charge in [0, 0.05) is 5.02 Å². The van der Waals surface area contributed by atoms with Crippen LogP contribution in [0.5, 0.6) is 17.2 Å². The fourth-order valence-corrected chi connectivity index (χ4v) is 4.56. The Bertz CT molecular complexity index is 1530. The van der Waals surface area contributed by atoms with Gasteiger partial charge in [-0.3, -0.25) is 9.10 Å². The van der Waals surface area contributed by atoms with E-state index in [0.717, 1.165) is 21.7 Å². The molecule has 4 aromatic carbocycles. The second-order valence-electron chi connectivity index (χ2n) is 8.46. The molecule has 0 fully saturated rings. The SMILES string of the molecule is CS(=O)(=O)N(CC(=O)N/N=C\c1ccc(OCc2cccc(Cl)c2)cc1)c1ccc(Oc2ccccc2)cc1. The average Bonchev–Trinajstić information content (AvgIpc) is 2.92. The molecule has 0 unspecified atom stereocenters. The molecular formula is C29H26ClN3O5S. The topological polar surface area (TPSA) is 97.3 Å². The summed E-state index contributed by atoms with van der Waals surface area (Å²) in [6.45, 7) is -0.0605. The molecule has 0 atom stereocenters. The lowest BCUT2D eigenvalue weighted by Gasteiger charge is -2.21. The predicted octanol–water partition coefficient (Wildman–Crippen LogP) is 5.63. The van der Waals surface area contributed by atoms with Crippen LogP contribution in [0.1, 0.15) is 11.1 Å². The average molecular weight is 564 g/mol. The number of anilines is 1. The van der Waals surface area contributed by atoms with Crippen molar-refractivity contribution >= 4 is 39.4 Å². The number of benzene rings is 4. The number of carbonyl (C=O) groups excluding carboxylic acids is 1. The highest BCUT2D eigenvalue weighted by atomic mass is 35.5. The summed E-state index contributed by atoms with van der Waals surface area (Å²) in [4.78, 5) is 12.5. The number of hydrazone groups is 1. The van der Waals surface area contributed by atoms with E-state index in [1.165, 1.54) is 6.21 Å². The first-order chi connectivity index (χ1) is 18.8. The molecule has 0 heterocycles. The minimum atomic E-state index is -3.74. The molecular weight excluding hydrogens is 538 g/mol. The Kier molecular flexibility index (Phi) is 9.19. The van der Waals surface area contributed by atoms with Crippen LogP contribution in [-0.4, -0.2) is 33.3 Å². The molecule has 4 aromatic rings. The number of halogens is 1. The summed E-state index contributed by atoms with van der Waals surface area (Å²) >= 11 is 5.99. The molecule has 4 rings (SSSR count). The molecule has 200 valence electrons. The van der Waals surface area contributed by atoms with Crippen LogP contribution in [0, 0.1) is 0 Å². The van der Waals surface area contributed by atoms with Crippen molar-refractivity contribution in [2.45, 2.75) is 6.61 Å². The van der Waals surface area contributed by atoms with Gasteiger partial charge in [0.05, 0.1) is 18.2 Å². The first-order valence-corrected chi connectivity index (χ1v) is 14.1. The molecule has 39 heavy (non-hydrogen) atoms. The number of para-hydroxylation sites is 1. The third kappa shape index (κ3) is 8.59. The van der Waals surface area contributed by atoms with Gasteiger partial charge >= 0.3 is 0 Å². The molecule has 1 N–H and O–H groups in total. The van der Waals surface area contributed by atoms with Crippen LogP contribution in [0.25, 0.3) is 0 Å². The van der Waals surface area contributed by atoms with Gasteiger partial charge in [-0.05, 0) is 83.9 Å². The van der Waals surface area contributed by atoms with Crippen molar-refractivity contribution in [3.05, 3.63) is 119 Å². The minimum absolute atomic E-state index is 0.324. The molecule has 0 saturated heterocycles. The molecule has 0 radical (unpaired) electrons. The number of nitrogens with zero attached hydrogens (tertiary/aromatic N) is 2. The van der Waals surface area contributed by atoms with E-state index in [1.807, 2.05) is 48.5 Å². The van der Waals surface area contributed by atoms with Crippen molar-refractivity contribution < 1.29 is 22.7 Å². The molecule has 8 nitrogen and oxygen atoms in total. The van der Waals surface area contributed by atoms with Gasteiger partial charge in [0.25, 0.3) is 5.91 Å². The molecule has 0 saturated carbocycles. The number of nitrogens with one attached hydrogen (secondary N) is 1. The van der Waals surface area contributed by atoms with Crippen LogP contribution in [0.2, 0.25) is 5.02 Å². The van der Waals surface area contributed by atoms with Gasteiger partial charge in [-0.2, -0.15) is 5.10 Å². The quantitative estimate of drug-likeness (QED) is 0.188. The maximum absolute atomic E-state index is 12.5.